The molecule has 1 aromatic rings. The SMILES string of the molecule is C=C1Sc2c(OCCCCC)nc(N)nc2N1[C@@H]1O[C@H](CO)[C@@H](O)[C@H]1O. The van der Waals surface area contributed by atoms with Crippen LogP contribution >= 0.6 is 11.8 Å². The van der Waals surface area contributed by atoms with Crippen molar-refractivity contribution < 1.29 is 24.8 Å². The molecule has 0 spiro atoms. The number of unbranched alkanes of at least 4 members (excludes halogenated alkanes) is 2. The van der Waals surface area contributed by atoms with Gasteiger partial charge in [-0.3, -0.25) is 4.90 Å². The van der Waals surface area contributed by atoms with Gasteiger partial charge in [0.25, 0.3) is 0 Å². The Hall–Kier alpha value is -1.59. The predicted molar refractivity (Wildman–Crippen MR) is 96.7 cm³/mol. The highest BCUT2D eigenvalue weighted by molar-refractivity contribution is 8.03. The lowest BCUT2D eigenvalue weighted by Crippen LogP contribution is -2.42. The first-order chi connectivity index (χ1) is 12.5. The zero-order valence-corrected chi connectivity index (χ0v) is 15.4. The van der Waals surface area contributed by atoms with E-state index >= 15 is 0 Å². The van der Waals surface area contributed by atoms with Crippen LogP contribution in [0.15, 0.2) is 16.5 Å². The standard InChI is InChI=1S/C16H24N4O5S/c1-3-4-5-6-24-14-12-13(18-16(17)19-14)20(8(2)26-12)15-11(23)10(22)9(7-21)25-15/h9-11,15,21-23H,2-7H2,1H3,(H2,17,18,19)/t9-,10-,11-,15-/m1/s1. The van der Waals surface area contributed by atoms with E-state index in [1.807, 2.05) is 0 Å². The molecule has 9 nitrogen and oxygen atoms in total. The summed E-state index contributed by atoms with van der Waals surface area (Å²) in [4.78, 5) is 10.6. The van der Waals surface area contributed by atoms with E-state index in [4.69, 9.17) is 15.2 Å². The lowest BCUT2D eigenvalue weighted by atomic mass is 10.1. The summed E-state index contributed by atoms with van der Waals surface area (Å²) in [6.07, 6.45) is -1.24. The number of nitrogens with two attached hydrogens (primary N) is 1. The fourth-order valence-corrected chi connectivity index (χ4v) is 3.90. The minimum Gasteiger partial charge on any atom is -0.477 e. The molecule has 0 unspecified atom stereocenters. The third-order valence-electron chi connectivity index (χ3n) is 4.31. The molecule has 1 aromatic heterocycles. The zero-order valence-electron chi connectivity index (χ0n) is 14.5. The van der Waals surface area contributed by atoms with Gasteiger partial charge in [0.2, 0.25) is 11.8 Å². The van der Waals surface area contributed by atoms with Crippen molar-refractivity contribution in [1.29, 1.82) is 0 Å². The molecule has 0 radical (unpaired) electrons. The number of rotatable bonds is 7. The summed E-state index contributed by atoms with van der Waals surface area (Å²) in [5.41, 5.74) is 5.82. The molecule has 4 atom stereocenters. The summed E-state index contributed by atoms with van der Waals surface area (Å²) in [7, 11) is 0. The Labute approximate surface area is 155 Å². The minimum atomic E-state index is -1.24. The Kier molecular flexibility index (Phi) is 5.88. The molecule has 10 heteroatoms. The molecule has 3 rings (SSSR count). The maximum Gasteiger partial charge on any atom is 0.234 e. The third-order valence-corrected chi connectivity index (χ3v) is 5.30. The van der Waals surface area contributed by atoms with Crippen molar-refractivity contribution in [3.63, 3.8) is 0 Å². The fraction of sp³-hybridized carbons (Fsp3) is 0.625. The molecule has 0 aliphatic carbocycles. The quantitative estimate of drug-likeness (QED) is 0.491. The molecular formula is C16H24N4O5S. The summed E-state index contributed by atoms with van der Waals surface area (Å²) in [6, 6.07) is 0. The number of thioether (sulfide) groups is 1. The predicted octanol–water partition coefficient (Wildman–Crippen LogP) is 0.450. The van der Waals surface area contributed by atoms with Crippen molar-refractivity contribution in [2.45, 2.75) is 55.6 Å². The lowest BCUT2D eigenvalue weighted by molar-refractivity contribution is -0.0205. The molecule has 0 amide bonds. The van der Waals surface area contributed by atoms with Crippen LogP contribution < -0.4 is 15.4 Å². The average Bonchev–Trinajstić information content (AvgIpc) is 3.08. The van der Waals surface area contributed by atoms with E-state index in [2.05, 4.69) is 23.5 Å². The van der Waals surface area contributed by atoms with Crippen molar-refractivity contribution in [1.82, 2.24) is 9.97 Å². The largest absolute Gasteiger partial charge is 0.477 e. The monoisotopic (exact) mass is 384 g/mol. The first kappa shape index (κ1) is 19.2. The van der Waals surface area contributed by atoms with Crippen molar-refractivity contribution in [2.24, 2.45) is 0 Å². The molecule has 144 valence electrons. The zero-order chi connectivity index (χ0) is 18.8. The molecule has 3 heterocycles. The summed E-state index contributed by atoms with van der Waals surface area (Å²) in [6.45, 7) is 6.19. The van der Waals surface area contributed by atoms with Crippen LogP contribution in [0.2, 0.25) is 0 Å². The number of ether oxygens (including phenoxy) is 2. The second-order valence-electron chi connectivity index (χ2n) is 6.19. The second kappa shape index (κ2) is 7.97. The van der Waals surface area contributed by atoms with Gasteiger partial charge in [-0.05, 0) is 6.42 Å². The molecule has 26 heavy (non-hydrogen) atoms. The number of aliphatic hydroxyl groups excluding tert-OH is 3. The van der Waals surface area contributed by atoms with Gasteiger partial charge in [0.15, 0.2) is 12.0 Å². The Morgan fingerprint density at radius 3 is 2.73 bits per heavy atom. The normalized spacial score (nSPS) is 27.8. The van der Waals surface area contributed by atoms with Crippen molar-refractivity contribution in [3.8, 4) is 5.88 Å². The summed E-state index contributed by atoms with van der Waals surface area (Å²) < 4.78 is 11.4. The van der Waals surface area contributed by atoms with E-state index in [1.165, 1.54) is 11.8 Å². The molecule has 0 aromatic carbocycles. The number of hydrogen-bond acceptors (Lipinski definition) is 10. The number of fused-ring (bicyclic) bond motifs is 1. The van der Waals surface area contributed by atoms with Gasteiger partial charge in [0.05, 0.1) is 18.2 Å². The van der Waals surface area contributed by atoms with E-state index in [0.29, 0.717) is 28.2 Å². The maximum atomic E-state index is 10.3. The van der Waals surface area contributed by atoms with Crippen LogP contribution in [0.25, 0.3) is 0 Å². The van der Waals surface area contributed by atoms with E-state index in [0.717, 1.165) is 19.3 Å². The van der Waals surface area contributed by atoms with Crippen LogP contribution in [0.5, 0.6) is 5.88 Å². The number of anilines is 2. The highest BCUT2D eigenvalue weighted by Gasteiger charge is 2.49. The van der Waals surface area contributed by atoms with Crippen LogP contribution in [0, 0.1) is 0 Å². The van der Waals surface area contributed by atoms with Crippen LogP contribution in [-0.4, -0.2) is 63.0 Å². The van der Waals surface area contributed by atoms with Gasteiger partial charge in [-0.2, -0.15) is 9.97 Å². The number of nitrogens with zero attached hydrogens (tertiary/aromatic N) is 3. The van der Waals surface area contributed by atoms with Gasteiger partial charge in [-0.1, -0.05) is 38.1 Å². The molecule has 2 aliphatic heterocycles. The molecule has 0 saturated carbocycles. The topological polar surface area (TPSA) is 134 Å². The van der Waals surface area contributed by atoms with E-state index in [-0.39, 0.29) is 5.95 Å². The molecule has 1 fully saturated rings. The Balaban J connectivity index is 1.86. The third kappa shape index (κ3) is 3.47. The number of aromatic nitrogens is 2. The summed E-state index contributed by atoms with van der Waals surface area (Å²) >= 11 is 1.29. The summed E-state index contributed by atoms with van der Waals surface area (Å²) in [5.74, 6) is 0.804. The van der Waals surface area contributed by atoms with Crippen molar-refractivity contribution >= 4 is 23.5 Å². The fourth-order valence-electron chi connectivity index (χ4n) is 2.95. The second-order valence-corrected chi connectivity index (χ2v) is 7.27. The molecule has 5 N–H and O–H groups in total. The Bertz CT molecular complexity index is 676. The van der Waals surface area contributed by atoms with Crippen molar-refractivity contribution in [2.75, 3.05) is 23.8 Å². The Morgan fingerprint density at radius 1 is 1.31 bits per heavy atom. The van der Waals surface area contributed by atoms with Gasteiger partial charge in [-0.15, -0.1) is 0 Å². The molecule has 1 saturated heterocycles. The van der Waals surface area contributed by atoms with Gasteiger partial charge >= 0.3 is 0 Å². The maximum absolute atomic E-state index is 10.3. The number of hydrogen-bond donors (Lipinski definition) is 4. The lowest BCUT2D eigenvalue weighted by Gasteiger charge is -2.27. The highest BCUT2D eigenvalue weighted by atomic mass is 32.2. The first-order valence-corrected chi connectivity index (χ1v) is 9.38. The van der Waals surface area contributed by atoms with E-state index in [9.17, 15) is 15.3 Å². The van der Waals surface area contributed by atoms with E-state index < -0.39 is 31.1 Å². The van der Waals surface area contributed by atoms with Gasteiger partial charge in [0, 0.05) is 0 Å². The number of aliphatic hydroxyl groups is 3. The first-order valence-electron chi connectivity index (χ1n) is 8.56. The number of nitrogen functional groups attached to an aromatic ring is 1. The van der Waals surface area contributed by atoms with Crippen LogP contribution in [-0.2, 0) is 4.74 Å². The van der Waals surface area contributed by atoms with E-state index in [1.54, 1.807) is 4.90 Å². The molecule has 0 bridgehead atoms. The van der Waals surface area contributed by atoms with Gasteiger partial charge < -0.3 is 30.5 Å². The van der Waals surface area contributed by atoms with Gasteiger partial charge in [-0.25, -0.2) is 0 Å². The average molecular weight is 384 g/mol. The smallest absolute Gasteiger partial charge is 0.234 e. The summed E-state index contributed by atoms with van der Waals surface area (Å²) in [5, 5.41) is 30.2. The van der Waals surface area contributed by atoms with Crippen molar-refractivity contribution in [3.05, 3.63) is 11.6 Å². The van der Waals surface area contributed by atoms with Crippen LogP contribution in [0.3, 0.4) is 0 Å². The molecular weight excluding hydrogens is 360 g/mol. The minimum absolute atomic E-state index is 0.0290. The molecule has 2 aliphatic rings. The van der Waals surface area contributed by atoms with Crippen LogP contribution in [0.4, 0.5) is 11.8 Å². The highest BCUT2D eigenvalue weighted by Crippen LogP contribution is 2.50. The Morgan fingerprint density at radius 2 is 2.08 bits per heavy atom. The van der Waals surface area contributed by atoms with Crippen LogP contribution in [0.1, 0.15) is 26.2 Å². The van der Waals surface area contributed by atoms with Gasteiger partial charge in [0.1, 0.15) is 23.2 Å².